The molecule has 112 valence electrons. The maximum absolute atomic E-state index is 12.9. The van der Waals surface area contributed by atoms with E-state index in [-0.39, 0.29) is 5.41 Å². The molecule has 0 aliphatic heterocycles. The van der Waals surface area contributed by atoms with Gasteiger partial charge in [0.2, 0.25) is 0 Å². The molecule has 4 aliphatic rings. The predicted octanol–water partition coefficient (Wildman–Crippen LogP) is 4.71. The van der Waals surface area contributed by atoms with Crippen molar-refractivity contribution in [1.82, 2.24) is 0 Å². The molecule has 1 aromatic carbocycles. The molecule has 4 aliphatic carbocycles. The van der Waals surface area contributed by atoms with E-state index in [0.29, 0.717) is 5.78 Å². The number of hydrogen-bond donors (Lipinski definition) is 0. The average Bonchev–Trinajstić information content (AvgIpc) is 2.47. The highest BCUT2D eigenvalue weighted by Crippen LogP contribution is 2.60. The van der Waals surface area contributed by atoms with Gasteiger partial charge >= 0.3 is 0 Å². The van der Waals surface area contributed by atoms with Gasteiger partial charge in [-0.1, -0.05) is 30.3 Å². The zero-order chi connectivity index (χ0) is 14.3. The monoisotopic (exact) mass is 300 g/mol. The Morgan fingerprint density at radius 2 is 1.57 bits per heavy atom. The van der Waals surface area contributed by atoms with Crippen LogP contribution in [0.4, 0.5) is 0 Å². The van der Waals surface area contributed by atoms with E-state index in [9.17, 15) is 4.79 Å². The lowest BCUT2D eigenvalue weighted by atomic mass is 9.48. The van der Waals surface area contributed by atoms with E-state index in [1.54, 1.807) is 0 Å². The number of benzene rings is 1. The van der Waals surface area contributed by atoms with Gasteiger partial charge in [0.1, 0.15) is 5.78 Å². The molecule has 0 radical (unpaired) electrons. The Labute approximate surface area is 131 Å². The first-order valence-corrected chi connectivity index (χ1v) is 9.54. The highest BCUT2D eigenvalue weighted by Gasteiger charge is 2.53. The second kappa shape index (κ2) is 5.46. The minimum atomic E-state index is 0.0957. The quantitative estimate of drug-likeness (QED) is 0.783. The molecule has 1 aromatic rings. The fraction of sp³-hybridized carbons (Fsp3) is 0.632. The Hall–Kier alpha value is -0.760. The summed E-state index contributed by atoms with van der Waals surface area (Å²) in [6.45, 7) is 0. The lowest BCUT2D eigenvalue weighted by Gasteiger charge is -2.56. The van der Waals surface area contributed by atoms with Crippen LogP contribution in [0.15, 0.2) is 30.3 Å². The number of thioether (sulfide) groups is 1. The fourth-order valence-electron chi connectivity index (χ4n) is 5.44. The van der Waals surface area contributed by atoms with Gasteiger partial charge in [0.05, 0.1) is 5.75 Å². The van der Waals surface area contributed by atoms with Gasteiger partial charge in [-0.25, -0.2) is 0 Å². The van der Waals surface area contributed by atoms with Crippen molar-refractivity contribution in [1.29, 1.82) is 0 Å². The Balaban J connectivity index is 1.37. The summed E-state index contributed by atoms with van der Waals surface area (Å²) in [6.07, 6.45) is 7.90. The number of Topliss-reactive ketones (excluding diaryl/α,β-unsaturated/α-hetero) is 1. The van der Waals surface area contributed by atoms with Gasteiger partial charge in [-0.15, -0.1) is 11.8 Å². The smallest absolute Gasteiger partial charge is 0.148 e. The molecule has 0 atom stereocenters. The van der Waals surface area contributed by atoms with Crippen molar-refractivity contribution in [3.63, 3.8) is 0 Å². The number of rotatable bonds is 5. The first kappa shape index (κ1) is 13.9. The molecule has 4 fully saturated rings. The molecular formula is C19H24OS. The maximum Gasteiger partial charge on any atom is 0.148 e. The average molecular weight is 300 g/mol. The third kappa shape index (κ3) is 2.67. The minimum absolute atomic E-state index is 0.0957. The number of ketones is 1. The summed E-state index contributed by atoms with van der Waals surface area (Å²) in [5, 5.41) is 0. The summed E-state index contributed by atoms with van der Waals surface area (Å²) in [7, 11) is 0. The Kier molecular flexibility index (Phi) is 3.61. The molecule has 2 heteroatoms. The minimum Gasteiger partial charge on any atom is -0.298 e. The van der Waals surface area contributed by atoms with Crippen LogP contribution >= 0.6 is 11.8 Å². The van der Waals surface area contributed by atoms with Crippen molar-refractivity contribution in [3.8, 4) is 0 Å². The second-order valence-electron chi connectivity index (χ2n) is 7.60. The molecule has 0 amide bonds. The van der Waals surface area contributed by atoms with E-state index < -0.39 is 0 Å². The van der Waals surface area contributed by atoms with Crippen LogP contribution < -0.4 is 0 Å². The third-order valence-electron chi connectivity index (χ3n) is 5.97. The number of hydrogen-bond acceptors (Lipinski definition) is 2. The fourth-order valence-corrected chi connectivity index (χ4v) is 6.46. The molecule has 1 nitrogen and oxygen atoms in total. The Morgan fingerprint density at radius 1 is 1.00 bits per heavy atom. The van der Waals surface area contributed by atoms with Gasteiger partial charge in [-0.3, -0.25) is 4.79 Å². The summed E-state index contributed by atoms with van der Waals surface area (Å²) in [4.78, 5) is 12.9. The molecule has 4 bridgehead atoms. The van der Waals surface area contributed by atoms with Crippen LogP contribution in [-0.2, 0) is 10.5 Å². The van der Waals surface area contributed by atoms with E-state index >= 15 is 0 Å². The zero-order valence-corrected chi connectivity index (χ0v) is 13.4. The molecule has 0 heterocycles. The van der Waals surface area contributed by atoms with E-state index in [1.807, 2.05) is 11.8 Å². The molecule has 0 saturated heterocycles. The van der Waals surface area contributed by atoms with Crippen LogP contribution in [0.25, 0.3) is 0 Å². The van der Waals surface area contributed by atoms with Crippen LogP contribution in [0.2, 0.25) is 0 Å². The van der Waals surface area contributed by atoms with E-state index in [2.05, 4.69) is 30.3 Å². The van der Waals surface area contributed by atoms with Crippen LogP contribution in [0.3, 0.4) is 0 Å². The third-order valence-corrected chi connectivity index (χ3v) is 6.98. The normalized spacial score (nSPS) is 36.9. The standard InChI is InChI=1S/C19H24OS/c20-18(13-21-12-14-4-2-1-3-5-14)19-9-15-6-16(10-19)8-17(7-15)11-19/h1-5,15-17H,6-13H2. The zero-order valence-electron chi connectivity index (χ0n) is 12.6. The van der Waals surface area contributed by atoms with Gasteiger partial charge < -0.3 is 0 Å². The summed E-state index contributed by atoms with van der Waals surface area (Å²) in [6, 6.07) is 10.5. The van der Waals surface area contributed by atoms with Gasteiger partial charge in [0.25, 0.3) is 0 Å². The highest BCUT2D eigenvalue weighted by atomic mass is 32.2. The topological polar surface area (TPSA) is 17.1 Å². The Morgan fingerprint density at radius 3 is 2.14 bits per heavy atom. The van der Waals surface area contributed by atoms with Crippen LogP contribution in [0, 0.1) is 23.2 Å². The number of carbonyl (C=O) groups excluding carboxylic acids is 1. The van der Waals surface area contributed by atoms with Crippen molar-refractivity contribution in [2.45, 2.75) is 44.3 Å². The summed E-state index contributed by atoms with van der Waals surface area (Å²) < 4.78 is 0. The molecule has 0 unspecified atom stereocenters. The Bertz CT molecular complexity index is 486. The van der Waals surface area contributed by atoms with Crippen LogP contribution in [0.5, 0.6) is 0 Å². The summed E-state index contributed by atoms with van der Waals surface area (Å²) >= 11 is 1.81. The molecular weight excluding hydrogens is 276 g/mol. The molecule has 21 heavy (non-hydrogen) atoms. The van der Waals surface area contributed by atoms with E-state index in [1.165, 1.54) is 44.1 Å². The van der Waals surface area contributed by atoms with Crippen LogP contribution in [0.1, 0.15) is 44.1 Å². The van der Waals surface area contributed by atoms with Gasteiger partial charge in [-0.05, 0) is 61.8 Å². The van der Waals surface area contributed by atoms with Crippen molar-refractivity contribution < 1.29 is 4.79 Å². The predicted molar refractivity (Wildman–Crippen MR) is 88.2 cm³/mol. The van der Waals surface area contributed by atoms with Crippen molar-refractivity contribution in [3.05, 3.63) is 35.9 Å². The SMILES string of the molecule is O=C(CSCc1ccccc1)C12CC3CC(CC(C3)C1)C2. The van der Waals surface area contributed by atoms with Gasteiger partial charge in [0.15, 0.2) is 0 Å². The largest absolute Gasteiger partial charge is 0.298 e. The van der Waals surface area contributed by atoms with Crippen LogP contribution in [-0.4, -0.2) is 11.5 Å². The first-order valence-electron chi connectivity index (χ1n) is 8.38. The molecule has 0 aromatic heterocycles. The maximum atomic E-state index is 12.9. The van der Waals surface area contributed by atoms with Crippen molar-refractivity contribution >= 4 is 17.5 Å². The van der Waals surface area contributed by atoms with E-state index in [4.69, 9.17) is 0 Å². The number of carbonyl (C=O) groups is 1. The molecule has 0 N–H and O–H groups in total. The van der Waals surface area contributed by atoms with E-state index in [0.717, 1.165) is 29.3 Å². The molecule has 5 rings (SSSR count). The van der Waals surface area contributed by atoms with Gasteiger partial charge in [-0.2, -0.15) is 0 Å². The first-order chi connectivity index (χ1) is 10.2. The summed E-state index contributed by atoms with van der Waals surface area (Å²) in [5.74, 6) is 4.89. The van der Waals surface area contributed by atoms with Crippen molar-refractivity contribution in [2.75, 3.05) is 5.75 Å². The lowest BCUT2D eigenvalue weighted by Crippen LogP contribution is -2.50. The summed E-state index contributed by atoms with van der Waals surface area (Å²) in [5.41, 5.74) is 1.43. The molecule has 4 saturated carbocycles. The van der Waals surface area contributed by atoms with Crippen molar-refractivity contribution in [2.24, 2.45) is 23.2 Å². The van der Waals surface area contributed by atoms with Gasteiger partial charge in [0, 0.05) is 11.2 Å². The highest BCUT2D eigenvalue weighted by molar-refractivity contribution is 7.99. The molecule has 0 spiro atoms. The second-order valence-corrected chi connectivity index (χ2v) is 8.59. The lowest BCUT2D eigenvalue weighted by molar-refractivity contribution is -0.141.